The fourth-order valence-corrected chi connectivity index (χ4v) is 3.67. The van der Waals surface area contributed by atoms with Crippen molar-refractivity contribution in [3.8, 4) is 5.75 Å². The molecule has 1 fully saturated rings. The van der Waals surface area contributed by atoms with Crippen molar-refractivity contribution in [2.45, 2.75) is 19.9 Å². The van der Waals surface area contributed by atoms with Crippen LogP contribution in [0.5, 0.6) is 5.75 Å². The zero-order valence-corrected chi connectivity index (χ0v) is 15.3. The number of ether oxygens (including phenoxy) is 1. The Balaban J connectivity index is 1.99. The maximum Gasteiger partial charge on any atom is 0.266 e. The molecule has 0 N–H and O–H groups in total. The highest BCUT2D eigenvalue weighted by Crippen LogP contribution is 2.36. The van der Waals surface area contributed by atoms with Gasteiger partial charge >= 0.3 is 0 Å². The molecule has 4 nitrogen and oxygen atoms in total. The van der Waals surface area contributed by atoms with Gasteiger partial charge in [-0.1, -0.05) is 36.4 Å². The highest BCUT2D eigenvalue weighted by Gasteiger charge is 2.35. The third kappa shape index (κ3) is 3.77. The molecule has 1 amide bonds. The van der Waals surface area contributed by atoms with E-state index in [9.17, 15) is 4.79 Å². The predicted molar refractivity (Wildman–Crippen MR) is 104 cm³/mol. The second-order valence-corrected chi connectivity index (χ2v) is 6.86. The molecular formula is C20H20N2O2S. The van der Waals surface area contributed by atoms with E-state index in [0.29, 0.717) is 10.1 Å². The minimum Gasteiger partial charge on any atom is -0.496 e. The van der Waals surface area contributed by atoms with Crippen molar-refractivity contribution in [1.29, 1.82) is 0 Å². The van der Waals surface area contributed by atoms with Crippen LogP contribution in [0.4, 0.5) is 5.69 Å². The fraction of sp³-hybridized carbons (Fsp3) is 0.200. The number of carbonyl (C=O) groups excluding carboxylic acids is 1. The second-order valence-electron chi connectivity index (χ2n) is 5.85. The number of rotatable bonds is 4. The summed E-state index contributed by atoms with van der Waals surface area (Å²) in [7, 11) is 1.63. The zero-order chi connectivity index (χ0) is 17.8. The molecule has 5 heteroatoms. The summed E-state index contributed by atoms with van der Waals surface area (Å²) in [6, 6.07) is 17.4. The second kappa shape index (κ2) is 7.57. The Morgan fingerprint density at radius 3 is 2.44 bits per heavy atom. The number of hydrogen-bond donors (Lipinski definition) is 0. The molecule has 0 saturated carbocycles. The van der Waals surface area contributed by atoms with Crippen LogP contribution in [0.25, 0.3) is 6.08 Å². The number of hydrogen-bond acceptors (Lipinski definition) is 4. The average molecular weight is 352 g/mol. The van der Waals surface area contributed by atoms with Crippen LogP contribution in [0.2, 0.25) is 0 Å². The van der Waals surface area contributed by atoms with Crippen molar-refractivity contribution in [2.24, 2.45) is 4.99 Å². The van der Waals surface area contributed by atoms with E-state index >= 15 is 0 Å². The number of benzene rings is 2. The Morgan fingerprint density at radius 1 is 1.08 bits per heavy atom. The summed E-state index contributed by atoms with van der Waals surface area (Å²) in [6.07, 6.45) is 1.87. The fourth-order valence-electron chi connectivity index (χ4n) is 2.56. The Labute approximate surface area is 152 Å². The van der Waals surface area contributed by atoms with Gasteiger partial charge in [-0.05, 0) is 49.9 Å². The first kappa shape index (κ1) is 17.3. The molecule has 0 radical (unpaired) electrons. The molecule has 3 rings (SSSR count). The molecule has 1 aliphatic heterocycles. The highest BCUT2D eigenvalue weighted by atomic mass is 32.2. The Kier molecular flexibility index (Phi) is 5.24. The normalized spacial score (nSPS) is 17.8. The SMILES string of the molecule is COc1ccccc1/C=C1/SC(=Nc2ccccc2)N(C(C)C)C1=O. The lowest BCUT2D eigenvalue weighted by atomic mass is 10.2. The van der Waals surface area contributed by atoms with Crippen LogP contribution in [-0.2, 0) is 4.79 Å². The predicted octanol–water partition coefficient (Wildman–Crippen LogP) is 4.71. The Hall–Kier alpha value is -2.53. The molecule has 128 valence electrons. The van der Waals surface area contributed by atoms with Gasteiger partial charge in [0, 0.05) is 11.6 Å². The molecule has 2 aromatic carbocycles. The number of amides is 1. The lowest BCUT2D eigenvalue weighted by Gasteiger charge is -2.19. The third-order valence-corrected chi connectivity index (χ3v) is 4.74. The minimum atomic E-state index is -0.0272. The van der Waals surface area contributed by atoms with Crippen molar-refractivity contribution < 1.29 is 9.53 Å². The quantitative estimate of drug-likeness (QED) is 0.749. The van der Waals surface area contributed by atoms with Crippen LogP contribution in [-0.4, -0.2) is 29.1 Å². The molecule has 1 heterocycles. The van der Waals surface area contributed by atoms with E-state index in [-0.39, 0.29) is 11.9 Å². The number of carbonyl (C=O) groups is 1. The summed E-state index contributed by atoms with van der Waals surface area (Å²) in [6.45, 7) is 3.98. The summed E-state index contributed by atoms with van der Waals surface area (Å²) in [4.78, 5) is 19.9. The van der Waals surface area contributed by atoms with E-state index < -0.39 is 0 Å². The Morgan fingerprint density at radius 2 is 1.76 bits per heavy atom. The summed E-state index contributed by atoms with van der Waals surface area (Å²) in [5, 5.41) is 0.701. The monoisotopic (exact) mass is 352 g/mol. The van der Waals surface area contributed by atoms with Gasteiger partial charge in [0.25, 0.3) is 5.91 Å². The number of thioether (sulfide) groups is 1. The van der Waals surface area contributed by atoms with Crippen molar-refractivity contribution >= 4 is 34.6 Å². The topological polar surface area (TPSA) is 41.9 Å². The van der Waals surface area contributed by atoms with Gasteiger partial charge in [-0.15, -0.1) is 0 Å². The van der Waals surface area contributed by atoms with Crippen LogP contribution in [0.1, 0.15) is 19.4 Å². The van der Waals surface area contributed by atoms with E-state index in [1.807, 2.05) is 74.5 Å². The number of methoxy groups -OCH3 is 1. The van der Waals surface area contributed by atoms with Crippen LogP contribution < -0.4 is 4.74 Å². The lowest BCUT2D eigenvalue weighted by Crippen LogP contribution is -2.35. The number of nitrogens with zero attached hydrogens (tertiary/aromatic N) is 2. The summed E-state index contributed by atoms with van der Waals surface area (Å²) in [5.41, 5.74) is 1.72. The van der Waals surface area contributed by atoms with Crippen LogP contribution in [0.3, 0.4) is 0 Å². The van der Waals surface area contributed by atoms with E-state index in [1.165, 1.54) is 11.8 Å². The standard InChI is InChI=1S/C20H20N2O2S/c1-14(2)22-19(23)18(13-15-9-7-8-12-17(15)24-3)25-20(22)21-16-10-5-4-6-11-16/h4-14H,1-3H3/b18-13+,21-20?. The molecule has 1 aliphatic rings. The van der Waals surface area contributed by atoms with Crippen LogP contribution in [0.15, 0.2) is 64.5 Å². The van der Waals surface area contributed by atoms with Gasteiger partial charge in [0.2, 0.25) is 0 Å². The first-order chi connectivity index (χ1) is 12.1. The van der Waals surface area contributed by atoms with E-state index in [1.54, 1.807) is 12.0 Å². The molecule has 25 heavy (non-hydrogen) atoms. The highest BCUT2D eigenvalue weighted by molar-refractivity contribution is 8.18. The summed E-state index contributed by atoms with van der Waals surface area (Å²) in [5.74, 6) is 0.716. The van der Waals surface area contributed by atoms with Gasteiger partial charge in [0.1, 0.15) is 5.75 Å². The van der Waals surface area contributed by atoms with Gasteiger partial charge in [-0.25, -0.2) is 4.99 Å². The van der Waals surface area contributed by atoms with Gasteiger partial charge in [0.15, 0.2) is 5.17 Å². The minimum absolute atomic E-state index is 0.0272. The molecule has 2 aromatic rings. The molecule has 0 atom stereocenters. The van der Waals surface area contributed by atoms with E-state index in [4.69, 9.17) is 4.74 Å². The average Bonchev–Trinajstić information content (AvgIpc) is 2.91. The molecule has 0 bridgehead atoms. The molecule has 0 spiro atoms. The largest absolute Gasteiger partial charge is 0.496 e. The molecule has 1 saturated heterocycles. The Bertz CT molecular complexity index is 829. The van der Waals surface area contributed by atoms with Crippen molar-refractivity contribution in [1.82, 2.24) is 4.90 Å². The first-order valence-corrected chi connectivity index (χ1v) is 8.91. The molecule has 0 unspecified atom stereocenters. The molecule has 0 aliphatic carbocycles. The van der Waals surface area contributed by atoms with Crippen LogP contribution >= 0.6 is 11.8 Å². The van der Waals surface area contributed by atoms with Crippen molar-refractivity contribution in [3.63, 3.8) is 0 Å². The summed E-state index contributed by atoms with van der Waals surface area (Å²) < 4.78 is 5.38. The van der Waals surface area contributed by atoms with Gasteiger partial charge in [0.05, 0.1) is 17.7 Å². The van der Waals surface area contributed by atoms with Gasteiger partial charge in [-0.2, -0.15) is 0 Å². The maximum absolute atomic E-state index is 12.9. The number of aliphatic imine (C=N–C) groups is 1. The number of amidine groups is 1. The smallest absolute Gasteiger partial charge is 0.266 e. The van der Waals surface area contributed by atoms with Gasteiger partial charge < -0.3 is 4.74 Å². The zero-order valence-electron chi connectivity index (χ0n) is 14.5. The molecular weight excluding hydrogens is 332 g/mol. The van der Waals surface area contributed by atoms with Crippen LogP contribution in [0, 0.1) is 0 Å². The summed E-state index contributed by atoms with van der Waals surface area (Å²) >= 11 is 1.40. The van der Waals surface area contributed by atoms with E-state index in [2.05, 4.69) is 4.99 Å². The van der Waals surface area contributed by atoms with Crippen molar-refractivity contribution in [2.75, 3.05) is 7.11 Å². The molecule has 0 aromatic heterocycles. The maximum atomic E-state index is 12.9. The van der Waals surface area contributed by atoms with E-state index in [0.717, 1.165) is 17.0 Å². The number of para-hydroxylation sites is 2. The van der Waals surface area contributed by atoms with Gasteiger partial charge in [-0.3, -0.25) is 9.69 Å². The first-order valence-electron chi connectivity index (χ1n) is 8.10. The van der Waals surface area contributed by atoms with Crippen molar-refractivity contribution in [3.05, 3.63) is 65.1 Å². The third-order valence-electron chi connectivity index (χ3n) is 3.76. The lowest BCUT2D eigenvalue weighted by molar-refractivity contribution is -0.123.